The minimum atomic E-state index is -0.495. The molecule has 0 unspecified atom stereocenters. The Kier molecular flexibility index (Phi) is 12.9. The summed E-state index contributed by atoms with van der Waals surface area (Å²) in [6.07, 6.45) is 0. The van der Waals surface area contributed by atoms with E-state index in [0.717, 1.165) is 10.6 Å². The van der Waals surface area contributed by atoms with Crippen molar-refractivity contribution < 1.29 is 13.2 Å². The van der Waals surface area contributed by atoms with E-state index < -0.39 is 11.6 Å². The molecule has 0 saturated carbocycles. The van der Waals surface area contributed by atoms with Gasteiger partial charge in [-0.05, 0) is 104 Å². The first kappa shape index (κ1) is 30.7. The van der Waals surface area contributed by atoms with Crippen LogP contribution in [0.15, 0.2) is 57.5 Å². The summed E-state index contributed by atoms with van der Waals surface area (Å²) >= 11 is 12.0. The minimum Gasteiger partial charge on any atom is -0.207 e. The smallest absolute Gasteiger partial charge is 0.143 e. The van der Waals surface area contributed by atoms with Gasteiger partial charge in [0.05, 0.1) is 8.95 Å². The van der Waals surface area contributed by atoms with Crippen LogP contribution in [0.2, 0.25) is 5.02 Å². The van der Waals surface area contributed by atoms with Crippen LogP contribution in [0.4, 0.5) is 13.2 Å². The van der Waals surface area contributed by atoms with E-state index in [1.807, 2.05) is 38.1 Å². The highest BCUT2D eigenvalue weighted by molar-refractivity contribution is 9.10. The number of aryl methyl sites for hydroxylation is 1. The molecule has 0 aliphatic carbocycles. The second-order valence-electron chi connectivity index (χ2n) is 8.93. The molecule has 0 amide bonds. The molecule has 6 heteroatoms. The van der Waals surface area contributed by atoms with E-state index in [-0.39, 0.29) is 23.2 Å². The Morgan fingerprint density at radius 3 is 1.74 bits per heavy atom. The number of rotatable bonds is 3. The summed E-state index contributed by atoms with van der Waals surface area (Å²) in [4.78, 5) is 0. The number of benzene rings is 3. The van der Waals surface area contributed by atoms with Crippen molar-refractivity contribution in [2.24, 2.45) is 0 Å². The van der Waals surface area contributed by atoms with E-state index in [2.05, 4.69) is 58.7 Å². The first-order valence-corrected chi connectivity index (χ1v) is 13.1. The van der Waals surface area contributed by atoms with E-state index in [1.54, 1.807) is 19.9 Å². The Bertz CT molecular complexity index is 1060. The monoisotopic (exact) mass is 618 g/mol. The molecule has 0 aliphatic heterocycles. The molecule has 0 aliphatic rings. The fourth-order valence-electron chi connectivity index (χ4n) is 3.14. The van der Waals surface area contributed by atoms with Crippen LogP contribution in [0.1, 0.15) is 81.5 Å². The molecule has 0 nitrogen and oxygen atoms in total. The number of hydrogen-bond acceptors (Lipinski definition) is 0. The molecule has 0 spiro atoms. The SMILES string of the molecule is CC(C)c1c(F)ccc(Br)c1F.CC(C)c1cccc(Br)c1F.Cc1cc(Cl)cc(C(C)C)c1. The molecule has 3 aromatic carbocycles. The maximum atomic E-state index is 13.2. The highest BCUT2D eigenvalue weighted by Crippen LogP contribution is 2.27. The third kappa shape index (κ3) is 9.39. The van der Waals surface area contributed by atoms with Gasteiger partial charge in [0.15, 0.2) is 0 Å². The van der Waals surface area contributed by atoms with Crippen LogP contribution in [0.3, 0.4) is 0 Å². The zero-order chi connectivity index (χ0) is 26.2. The van der Waals surface area contributed by atoms with Crippen molar-refractivity contribution in [2.45, 2.75) is 66.2 Å². The summed E-state index contributed by atoms with van der Waals surface area (Å²) in [5.41, 5.74) is 3.46. The minimum absolute atomic E-state index is 0.137. The Morgan fingerprint density at radius 2 is 1.29 bits per heavy atom. The van der Waals surface area contributed by atoms with Gasteiger partial charge in [-0.3, -0.25) is 0 Å². The fraction of sp³-hybridized carbons (Fsp3) is 0.357. The van der Waals surface area contributed by atoms with E-state index in [4.69, 9.17) is 11.6 Å². The van der Waals surface area contributed by atoms with Crippen LogP contribution >= 0.6 is 43.5 Å². The van der Waals surface area contributed by atoms with Gasteiger partial charge >= 0.3 is 0 Å². The van der Waals surface area contributed by atoms with Crippen molar-refractivity contribution in [2.75, 3.05) is 0 Å². The molecule has 0 atom stereocenters. The number of halogens is 6. The van der Waals surface area contributed by atoms with Crippen LogP contribution in [0.5, 0.6) is 0 Å². The lowest BCUT2D eigenvalue weighted by Gasteiger charge is -2.08. The third-order valence-electron chi connectivity index (χ3n) is 4.99. The largest absolute Gasteiger partial charge is 0.207 e. The molecular weight excluding hydrogens is 589 g/mol. The van der Waals surface area contributed by atoms with E-state index in [9.17, 15) is 13.2 Å². The van der Waals surface area contributed by atoms with Gasteiger partial charge < -0.3 is 0 Å². The van der Waals surface area contributed by atoms with Gasteiger partial charge in [-0.1, -0.05) is 71.3 Å². The quantitative estimate of drug-likeness (QED) is 0.256. The molecule has 3 rings (SSSR count). The first-order chi connectivity index (χ1) is 15.8. The molecule has 0 bridgehead atoms. The average molecular weight is 621 g/mol. The first-order valence-electron chi connectivity index (χ1n) is 11.1. The molecule has 0 saturated heterocycles. The molecule has 0 heterocycles. The predicted molar refractivity (Wildman–Crippen MR) is 147 cm³/mol. The van der Waals surface area contributed by atoms with Gasteiger partial charge in [-0.2, -0.15) is 0 Å². The second kappa shape index (κ2) is 14.3. The predicted octanol–water partition coefficient (Wildman–Crippen LogP) is 11.3. The Morgan fingerprint density at radius 1 is 0.706 bits per heavy atom. The molecular formula is C28H32Br2ClF3. The summed E-state index contributed by atoms with van der Waals surface area (Å²) in [6, 6.07) is 14.2. The van der Waals surface area contributed by atoms with E-state index in [1.165, 1.54) is 23.3 Å². The van der Waals surface area contributed by atoms with Crippen molar-refractivity contribution >= 4 is 43.5 Å². The van der Waals surface area contributed by atoms with E-state index >= 15 is 0 Å². The van der Waals surface area contributed by atoms with Crippen LogP contribution < -0.4 is 0 Å². The van der Waals surface area contributed by atoms with Gasteiger partial charge in [-0.15, -0.1) is 0 Å². The standard InChI is InChI=1S/C10H13Cl.C9H9BrF2.C9H10BrF/c1-7(2)9-4-8(3)5-10(11)6-9;1-5(2)8-7(11)4-3-6(10)9(8)12;1-6(2)7-4-3-5-8(10)9(7)11/h4-7H,1-3H3;3-5H,1-2H3;3-6H,1-2H3. The molecule has 0 N–H and O–H groups in total. The highest BCUT2D eigenvalue weighted by Gasteiger charge is 2.14. The van der Waals surface area contributed by atoms with Crippen molar-refractivity contribution in [3.63, 3.8) is 0 Å². The molecule has 34 heavy (non-hydrogen) atoms. The Hall–Kier alpha value is -1.30. The van der Waals surface area contributed by atoms with Gasteiger partial charge in [0.1, 0.15) is 17.5 Å². The number of hydrogen-bond donors (Lipinski definition) is 0. The highest BCUT2D eigenvalue weighted by atomic mass is 79.9. The second-order valence-corrected chi connectivity index (χ2v) is 11.1. The molecule has 186 valence electrons. The Labute approximate surface area is 224 Å². The van der Waals surface area contributed by atoms with Gasteiger partial charge in [-0.25, -0.2) is 13.2 Å². The molecule has 3 aromatic rings. The summed E-state index contributed by atoms with van der Waals surface area (Å²) < 4.78 is 40.3. The lowest BCUT2D eigenvalue weighted by molar-refractivity contribution is 0.538. The van der Waals surface area contributed by atoms with Gasteiger partial charge in [0.2, 0.25) is 0 Å². The molecule has 0 aromatic heterocycles. The van der Waals surface area contributed by atoms with Crippen LogP contribution in [-0.4, -0.2) is 0 Å². The summed E-state index contributed by atoms with van der Waals surface area (Å²) in [5.74, 6) is -0.444. The normalized spacial score (nSPS) is 10.7. The lowest BCUT2D eigenvalue weighted by atomic mass is 10.0. The fourth-order valence-corrected chi connectivity index (χ4v) is 4.16. The zero-order valence-corrected chi connectivity index (χ0v) is 24.5. The van der Waals surface area contributed by atoms with Crippen molar-refractivity contribution in [1.29, 1.82) is 0 Å². The van der Waals surface area contributed by atoms with E-state index in [0.29, 0.717) is 14.9 Å². The van der Waals surface area contributed by atoms with Crippen LogP contribution in [-0.2, 0) is 0 Å². The summed E-state index contributed by atoms with van der Waals surface area (Å²) in [5, 5.41) is 0.841. The maximum absolute atomic E-state index is 13.2. The zero-order valence-electron chi connectivity index (χ0n) is 20.6. The molecule has 0 fully saturated rings. The average Bonchev–Trinajstić information content (AvgIpc) is 2.73. The lowest BCUT2D eigenvalue weighted by Crippen LogP contribution is -1.98. The van der Waals surface area contributed by atoms with Crippen LogP contribution in [0, 0.1) is 24.4 Å². The summed E-state index contributed by atoms with van der Waals surface area (Å²) in [7, 11) is 0. The maximum Gasteiger partial charge on any atom is 0.143 e. The van der Waals surface area contributed by atoms with Crippen molar-refractivity contribution in [3.05, 3.63) is 102 Å². The topological polar surface area (TPSA) is 0 Å². The van der Waals surface area contributed by atoms with Gasteiger partial charge in [0, 0.05) is 10.6 Å². The Balaban J connectivity index is 0.000000255. The summed E-state index contributed by atoms with van der Waals surface area (Å²) in [6.45, 7) is 13.9. The van der Waals surface area contributed by atoms with Crippen molar-refractivity contribution in [1.82, 2.24) is 0 Å². The molecule has 0 radical (unpaired) electrons. The van der Waals surface area contributed by atoms with Crippen molar-refractivity contribution in [3.8, 4) is 0 Å². The van der Waals surface area contributed by atoms with Gasteiger partial charge in [0.25, 0.3) is 0 Å². The van der Waals surface area contributed by atoms with Crippen LogP contribution in [0.25, 0.3) is 0 Å². The third-order valence-corrected chi connectivity index (χ3v) is 6.43.